The number of pyridine rings is 1. The lowest BCUT2D eigenvalue weighted by Crippen LogP contribution is -2.23. The second-order valence-corrected chi connectivity index (χ2v) is 4.93. The van der Waals surface area contributed by atoms with Crippen LogP contribution in [0, 0.1) is 13.8 Å². The molecule has 0 fully saturated rings. The molecule has 20 heavy (non-hydrogen) atoms. The molecule has 1 atom stereocenters. The van der Waals surface area contributed by atoms with E-state index in [4.69, 9.17) is 4.74 Å². The van der Waals surface area contributed by atoms with Crippen LogP contribution >= 0.6 is 0 Å². The highest BCUT2D eigenvalue weighted by Gasteiger charge is 2.18. The Labute approximate surface area is 121 Å². The van der Waals surface area contributed by atoms with Crippen LogP contribution in [0.15, 0.2) is 36.5 Å². The Kier molecular flexibility index (Phi) is 4.74. The minimum Gasteiger partial charge on any atom is -0.495 e. The fourth-order valence-corrected chi connectivity index (χ4v) is 2.31. The predicted octanol–water partition coefficient (Wildman–Crippen LogP) is 3.41. The van der Waals surface area contributed by atoms with Gasteiger partial charge in [0.05, 0.1) is 13.2 Å². The third-order valence-electron chi connectivity index (χ3n) is 3.57. The molecular weight excluding hydrogens is 248 g/mol. The Morgan fingerprint density at radius 2 is 2.00 bits per heavy atom. The van der Waals surface area contributed by atoms with Gasteiger partial charge in [-0.05, 0) is 49.2 Å². The molecule has 1 heterocycles. The fraction of sp³-hybridized carbons (Fsp3) is 0.353. The standard InChI is InChI=1S/C17H22N2O/c1-5-18-16(14-9-8-12(2)13(3)11-14)17-15(20-4)7-6-10-19-17/h6-11,16,18H,5H2,1-4H3. The highest BCUT2D eigenvalue weighted by Crippen LogP contribution is 2.28. The Morgan fingerprint density at radius 1 is 1.20 bits per heavy atom. The summed E-state index contributed by atoms with van der Waals surface area (Å²) in [4.78, 5) is 4.51. The van der Waals surface area contributed by atoms with Crippen molar-refractivity contribution in [2.24, 2.45) is 0 Å². The zero-order valence-electron chi connectivity index (χ0n) is 12.6. The number of aromatic nitrogens is 1. The van der Waals surface area contributed by atoms with E-state index in [9.17, 15) is 0 Å². The molecule has 0 saturated carbocycles. The van der Waals surface area contributed by atoms with E-state index in [1.165, 1.54) is 16.7 Å². The quantitative estimate of drug-likeness (QED) is 0.904. The summed E-state index contributed by atoms with van der Waals surface area (Å²) in [5.41, 5.74) is 4.74. The highest BCUT2D eigenvalue weighted by atomic mass is 16.5. The summed E-state index contributed by atoms with van der Waals surface area (Å²) in [5, 5.41) is 3.49. The van der Waals surface area contributed by atoms with Gasteiger partial charge in [-0.15, -0.1) is 0 Å². The van der Waals surface area contributed by atoms with Crippen molar-refractivity contribution in [3.8, 4) is 5.75 Å². The molecule has 0 aliphatic carbocycles. The molecule has 1 unspecified atom stereocenters. The van der Waals surface area contributed by atoms with Gasteiger partial charge in [0.1, 0.15) is 11.4 Å². The smallest absolute Gasteiger partial charge is 0.142 e. The van der Waals surface area contributed by atoms with Gasteiger partial charge in [0, 0.05) is 6.20 Å². The van der Waals surface area contributed by atoms with E-state index in [0.29, 0.717) is 0 Å². The predicted molar refractivity (Wildman–Crippen MR) is 82.2 cm³/mol. The van der Waals surface area contributed by atoms with Crippen LogP contribution in [0.3, 0.4) is 0 Å². The van der Waals surface area contributed by atoms with Gasteiger partial charge in [-0.1, -0.05) is 25.1 Å². The van der Waals surface area contributed by atoms with Crippen molar-refractivity contribution < 1.29 is 4.74 Å². The average Bonchev–Trinajstić information content (AvgIpc) is 2.48. The summed E-state index contributed by atoms with van der Waals surface area (Å²) >= 11 is 0. The number of ether oxygens (including phenoxy) is 1. The number of benzene rings is 1. The first-order valence-electron chi connectivity index (χ1n) is 6.96. The zero-order chi connectivity index (χ0) is 14.5. The Hall–Kier alpha value is -1.87. The molecule has 2 rings (SSSR count). The maximum atomic E-state index is 5.45. The molecule has 106 valence electrons. The lowest BCUT2D eigenvalue weighted by atomic mass is 9.98. The van der Waals surface area contributed by atoms with Gasteiger partial charge >= 0.3 is 0 Å². The molecule has 0 amide bonds. The van der Waals surface area contributed by atoms with Crippen molar-refractivity contribution in [3.05, 3.63) is 58.9 Å². The second kappa shape index (κ2) is 6.53. The Morgan fingerprint density at radius 3 is 2.65 bits per heavy atom. The van der Waals surface area contributed by atoms with E-state index < -0.39 is 0 Å². The largest absolute Gasteiger partial charge is 0.495 e. The van der Waals surface area contributed by atoms with Gasteiger partial charge in [0.15, 0.2) is 0 Å². The van der Waals surface area contributed by atoms with Crippen LogP contribution in [0.5, 0.6) is 5.75 Å². The monoisotopic (exact) mass is 270 g/mol. The number of methoxy groups -OCH3 is 1. The van der Waals surface area contributed by atoms with Gasteiger partial charge in [-0.25, -0.2) is 0 Å². The SMILES string of the molecule is CCNC(c1ccc(C)c(C)c1)c1ncccc1OC. The number of nitrogens with one attached hydrogen (secondary N) is 1. The first kappa shape index (κ1) is 14.5. The molecule has 2 aromatic rings. The number of rotatable bonds is 5. The van der Waals surface area contributed by atoms with Crippen LogP contribution < -0.4 is 10.1 Å². The van der Waals surface area contributed by atoms with Crippen molar-refractivity contribution in [3.63, 3.8) is 0 Å². The molecule has 1 aromatic heterocycles. The molecule has 1 N–H and O–H groups in total. The summed E-state index contributed by atoms with van der Waals surface area (Å²) in [6, 6.07) is 10.4. The molecular formula is C17H22N2O. The maximum absolute atomic E-state index is 5.45. The number of aryl methyl sites for hydroxylation is 2. The summed E-state index contributed by atoms with van der Waals surface area (Å²) in [6.07, 6.45) is 1.81. The van der Waals surface area contributed by atoms with Gasteiger partial charge < -0.3 is 10.1 Å². The molecule has 0 aliphatic rings. The molecule has 0 spiro atoms. The van der Waals surface area contributed by atoms with Gasteiger partial charge in [-0.2, -0.15) is 0 Å². The van der Waals surface area contributed by atoms with Crippen molar-refractivity contribution >= 4 is 0 Å². The molecule has 0 saturated heterocycles. The summed E-state index contributed by atoms with van der Waals surface area (Å²) in [5.74, 6) is 0.816. The molecule has 3 heteroatoms. The van der Waals surface area contributed by atoms with Crippen LogP contribution in [-0.2, 0) is 0 Å². The third kappa shape index (κ3) is 2.99. The minimum atomic E-state index is 0.0513. The second-order valence-electron chi connectivity index (χ2n) is 4.93. The number of nitrogens with zero attached hydrogens (tertiary/aromatic N) is 1. The Balaban J connectivity index is 2.47. The van der Waals surface area contributed by atoms with Crippen molar-refractivity contribution in [1.82, 2.24) is 10.3 Å². The first-order chi connectivity index (χ1) is 9.67. The van der Waals surface area contributed by atoms with E-state index in [0.717, 1.165) is 18.0 Å². The summed E-state index contributed by atoms with van der Waals surface area (Å²) < 4.78 is 5.45. The van der Waals surface area contributed by atoms with E-state index >= 15 is 0 Å². The highest BCUT2D eigenvalue weighted by molar-refractivity contribution is 5.39. The van der Waals surface area contributed by atoms with Gasteiger partial charge in [0.25, 0.3) is 0 Å². The lowest BCUT2D eigenvalue weighted by molar-refractivity contribution is 0.400. The zero-order valence-corrected chi connectivity index (χ0v) is 12.6. The molecule has 3 nitrogen and oxygen atoms in total. The number of hydrogen-bond acceptors (Lipinski definition) is 3. The van der Waals surface area contributed by atoms with Crippen molar-refractivity contribution in [2.75, 3.05) is 13.7 Å². The molecule has 0 radical (unpaired) electrons. The van der Waals surface area contributed by atoms with Gasteiger partial charge in [0.2, 0.25) is 0 Å². The topological polar surface area (TPSA) is 34.2 Å². The summed E-state index contributed by atoms with van der Waals surface area (Å²) in [7, 11) is 1.68. The van der Waals surface area contributed by atoms with E-state index in [-0.39, 0.29) is 6.04 Å². The molecule has 0 aliphatic heterocycles. The summed E-state index contributed by atoms with van der Waals surface area (Å²) in [6.45, 7) is 7.24. The molecule has 0 bridgehead atoms. The van der Waals surface area contributed by atoms with E-state index in [2.05, 4.69) is 49.3 Å². The van der Waals surface area contributed by atoms with Crippen LogP contribution in [-0.4, -0.2) is 18.6 Å². The van der Waals surface area contributed by atoms with E-state index in [1.54, 1.807) is 7.11 Å². The van der Waals surface area contributed by atoms with Crippen LogP contribution in [0.4, 0.5) is 0 Å². The minimum absolute atomic E-state index is 0.0513. The molecule has 1 aromatic carbocycles. The van der Waals surface area contributed by atoms with E-state index in [1.807, 2.05) is 18.3 Å². The lowest BCUT2D eigenvalue weighted by Gasteiger charge is -2.20. The third-order valence-corrected chi connectivity index (χ3v) is 3.57. The normalized spacial score (nSPS) is 12.2. The fourth-order valence-electron chi connectivity index (χ4n) is 2.31. The Bertz CT molecular complexity index is 581. The van der Waals surface area contributed by atoms with Gasteiger partial charge in [-0.3, -0.25) is 4.98 Å². The van der Waals surface area contributed by atoms with Crippen LogP contribution in [0.1, 0.15) is 35.3 Å². The average molecular weight is 270 g/mol. The van der Waals surface area contributed by atoms with Crippen molar-refractivity contribution in [1.29, 1.82) is 0 Å². The van der Waals surface area contributed by atoms with Crippen LogP contribution in [0.25, 0.3) is 0 Å². The van der Waals surface area contributed by atoms with Crippen LogP contribution in [0.2, 0.25) is 0 Å². The van der Waals surface area contributed by atoms with Crippen molar-refractivity contribution in [2.45, 2.75) is 26.8 Å². The first-order valence-corrected chi connectivity index (χ1v) is 6.96. The number of hydrogen-bond donors (Lipinski definition) is 1. The maximum Gasteiger partial charge on any atom is 0.142 e.